The number of fused-ring (bicyclic) bond motifs is 1. The second kappa shape index (κ2) is 9.59. The van der Waals surface area contributed by atoms with E-state index in [1.54, 1.807) is 30.5 Å². The number of aromatic nitrogens is 4. The van der Waals surface area contributed by atoms with Crippen molar-refractivity contribution in [3.63, 3.8) is 0 Å². The van der Waals surface area contributed by atoms with Crippen LogP contribution in [-0.2, 0) is 6.54 Å². The molecule has 9 nitrogen and oxygen atoms in total. The minimum Gasteiger partial charge on any atom is -0.494 e. The van der Waals surface area contributed by atoms with Crippen molar-refractivity contribution in [1.29, 1.82) is 0 Å². The normalized spacial score (nSPS) is 11.1. The highest BCUT2D eigenvalue weighted by atomic mass is 32.1. The molecule has 0 aliphatic carbocycles. The Morgan fingerprint density at radius 2 is 2.03 bits per heavy atom. The summed E-state index contributed by atoms with van der Waals surface area (Å²) in [4.78, 5) is 24.9. The fourth-order valence-corrected chi connectivity index (χ4v) is 4.45. The van der Waals surface area contributed by atoms with E-state index in [1.165, 1.54) is 13.4 Å². The molecule has 0 saturated carbocycles. The highest BCUT2D eigenvalue weighted by Gasteiger charge is 2.21. The van der Waals surface area contributed by atoms with E-state index in [0.717, 1.165) is 17.4 Å². The van der Waals surface area contributed by atoms with E-state index >= 15 is 0 Å². The first-order valence-electron chi connectivity index (χ1n) is 10.3. The molecule has 0 radical (unpaired) electrons. The van der Waals surface area contributed by atoms with Crippen molar-refractivity contribution in [3.8, 4) is 22.1 Å². The highest BCUT2D eigenvalue weighted by Crippen LogP contribution is 2.36. The number of hydrogen-bond acceptors (Lipinski definition) is 8. The van der Waals surface area contributed by atoms with Crippen LogP contribution in [0.5, 0.6) is 11.5 Å². The molecule has 4 aromatic rings. The predicted octanol–water partition coefficient (Wildman–Crippen LogP) is 4.36. The van der Waals surface area contributed by atoms with E-state index in [2.05, 4.69) is 20.3 Å². The van der Waals surface area contributed by atoms with Gasteiger partial charge in [-0.1, -0.05) is 0 Å². The molecule has 3 aromatic heterocycles. The summed E-state index contributed by atoms with van der Waals surface area (Å²) in [5.74, 6) is -1.64. The Bertz CT molecular complexity index is 1370. The van der Waals surface area contributed by atoms with Crippen LogP contribution < -0.4 is 14.8 Å². The number of hydrogen-bond donors (Lipinski definition) is 2. The van der Waals surface area contributed by atoms with E-state index in [4.69, 9.17) is 9.47 Å². The van der Waals surface area contributed by atoms with Gasteiger partial charge in [-0.05, 0) is 13.8 Å². The van der Waals surface area contributed by atoms with Crippen LogP contribution in [0.3, 0.4) is 0 Å². The van der Waals surface area contributed by atoms with Crippen LogP contribution in [0.4, 0.5) is 14.6 Å². The molecular formula is C22H21F2N5O4S. The third-order valence-corrected chi connectivity index (χ3v) is 6.17. The van der Waals surface area contributed by atoms with E-state index in [-0.39, 0.29) is 34.0 Å². The molecule has 4 rings (SSSR count). The number of anilines is 1. The Labute approximate surface area is 197 Å². The summed E-state index contributed by atoms with van der Waals surface area (Å²) in [5.41, 5.74) is 0.807. The number of halogens is 2. The number of benzene rings is 1. The maximum atomic E-state index is 14.5. The van der Waals surface area contributed by atoms with Crippen LogP contribution >= 0.6 is 11.3 Å². The predicted molar refractivity (Wildman–Crippen MR) is 123 cm³/mol. The average molecular weight is 490 g/mol. The molecule has 0 amide bonds. The van der Waals surface area contributed by atoms with Gasteiger partial charge in [0.15, 0.2) is 16.5 Å². The van der Waals surface area contributed by atoms with Gasteiger partial charge in [0.2, 0.25) is 0 Å². The van der Waals surface area contributed by atoms with E-state index in [1.807, 2.05) is 0 Å². The molecule has 0 saturated heterocycles. The molecule has 12 heteroatoms. The first-order chi connectivity index (χ1) is 16.3. The number of carbonyl (C=O) groups is 1. The first kappa shape index (κ1) is 23.4. The molecule has 0 unspecified atom stereocenters. The average Bonchev–Trinajstić information content (AvgIpc) is 3.38. The van der Waals surface area contributed by atoms with Gasteiger partial charge in [0.05, 0.1) is 24.3 Å². The maximum absolute atomic E-state index is 14.5. The Kier molecular flexibility index (Phi) is 6.59. The molecule has 2 N–H and O–H groups in total. The van der Waals surface area contributed by atoms with Crippen molar-refractivity contribution < 1.29 is 28.2 Å². The van der Waals surface area contributed by atoms with Crippen molar-refractivity contribution in [1.82, 2.24) is 19.5 Å². The molecule has 1 aromatic carbocycles. The van der Waals surface area contributed by atoms with E-state index in [9.17, 15) is 18.7 Å². The summed E-state index contributed by atoms with van der Waals surface area (Å²) in [6.07, 6.45) is 1.36. The van der Waals surface area contributed by atoms with Gasteiger partial charge in [0.1, 0.15) is 40.5 Å². The van der Waals surface area contributed by atoms with Crippen LogP contribution in [0.1, 0.15) is 22.4 Å². The molecule has 0 atom stereocenters. The van der Waals surface area contributed by atoms with Crippen molar-refractivity contribution in [2.45, 2.75) is 20.4 Å². The molecule has 0 aliphatic heterocycles. The number of aromatic carboxylic acids is 1. The Morgan fingerprint density at radius 3 is 2.74 bits per heavy atom. The number of aryl methyl sites for hydroxylation is 1. The van der Waals surface area contributed by atoms with Gasteiger partial charge in [-0.25, -0.2) is 28.5 Å². The van der Waals surface area contributed by atoms with Gasteiger partial charge in [-0.3, -0.25) is 0 Å². The number of ether oxygens (including phenoxy) is 2. The van der Waals surface area contributed by atoms with Gasteiger partial charge in [-0.15, -0.1) is 11.3 Å². The van der Waals surface area contributed by atoms with Crippen molar-refractivity contribution in [2.75, 3.05) is 25.6 Å². The molecule has 0 spiro atoms. The van der Waals surface area contributed by atoms with E-state index < -0.39 is 17.6 Å². The van der Waals surface area contributed by atoms with Gasteiger partial charge in [-0.2, -0.15) is 0 Å². The fourth-order valence-electron chi connectivity index (χ4n) is 3.54. The van der Waals surface area contributed by atoms with Crippen LogP contribution in [0.25, 0.3) is 21.6 Å². The molecule has 0 bridgehead atoms. The van der Waals surface area contributed by atoms with Crippen LogP contribution in [0, 0.1) is 18.6 Å². The number of rotatable bonds is 9. The monoisotopic (exact) mass is 489 g/mol. The standard InChI is InChI=1S/C22H21F2N5O4S/c1-4-33-15-9-16(34-21(15)22(30)31)13-8-17(27-10-26-13)25-5-6-29-11(2)28-19-14(32-3)7-12(23)18(24)20(19)29/h7-10H,4-6H2,1-3H3,(H,30,31)(H,25,26,27). The molecule has 3 heterocycles. The molecule has 34 heavy (non-hydrogen) atoms. The summed E-state index contributed by atoms with van der Waals surface area (Å²) in [7, 11) is 1.37. The second-order valence-electron chi connectivity index (χ2n) is 7.14. The van der Waals surface area contributed by atoms with Gasteiger partial charge in [0.25, 0.3) is 0 Å². The lowest BCUT2D eigenvalue weighted by atomic mass is 10.2. The number of nitrogens with zero attached hydrogens (tertiary/aromatic N) is 4. The Balaban J connectivity index is 1.54. The number of carboxylic acid groups (broad SMARTS) is 1. The highest BCUT2D eigenvalue weighted by molar-refractivity contribution is 7.17. The van der Waals surface area contributed by atoms with Gasteiger partial charge in [0, 0.05) is 31.3 Å². The lowest BCUT2D eigenvalue weighted by Gasteiger charge is -2.10. The second-order valence-corrected chi connectivity index (χ2v) is 8.19. The van der Waals surface area contributed by atoms with Crippen LogP contribution in [-0.4, -0.2) is 50.9 Å². The Morgan fingerprint density at radius 1 is 1.24 bits per heavy atom. The maximum Gasteiger partial charge on any atom is 0.349 e. The lowest BCUT2D eigenvalue weighted by Crippen LogP contribution is -2.13. The van der Waals surface area contributed by atoms with Gasteiger partial charge < -0.3 is 24.5 Å². The van der Waals surface area contributed by atoms with Gasteiger partial charge >= 0.3 is 5.97 Å². The van der Waals surface area contributed by atoms with Crippen molar-refractivity contribution >= 4 is 34.2 Å². The molecule has 0 aliphatic rings. The largest absolute Gasteiger partial charge is 0.494 e. The topological polar surface area (TPSA) is 111 Å². The lowest BCUT2D eigenvalue weighted by molar-refractivity contribution is 0.0698. The third-order valence-electron chi connectivity index (χ3n) is 5.04. The van der Waals surface area contributed by atoms with Crippen LogP contribution in [0.15, 0.2) is 24.5 Å². The number of carboxylic acids is 1. The minimum absolute atomic E-state index is 0.0303. The summed E-state index contributed by atoms with van der Waals surface area (Å²) in [6, 6.07) is 4.29. The zero-order chi connectivity index (χ0) is 24.4. The fraction of sp³-hybridized carbons (Fsp3) is 0.273. The SMILES string of the molecule is CCOc1cc(-c2cc(NCCn3c(C)nc4c(OC)cc(F)c(F)c43)ncn2)sc1C(=O)O. The summed E-state index contributed by atoms with van der Waals surface area (Å²) in [6.45, 7) is 4.42. The summed E-state index contributed by atoms with van der Waals surface area (Å²) < 4.78 is 40.7. The van der Waals surface area contributed by atoms with Crippen molar-refractivity contribution in [2.24, 2.45) is 0 Å². The Hall–Kier alpha value is -3.80. The van der Waals surface area contributed by atoms with Crippen molar-refractivity contribution in [3.05, 3.63) is 46.9 Å². The third kappa shape index (κ3) is 4.36. The first-order valence-corrected chi connectivity index (χ1v) is 11.1. The summed E-state index contributed by atoms with van der Waals surface area (Å²) >= 11 is 1.06. The number of nitrogens with one attached hydrogen (secondary N) is 1. The number of thiophene rings is 1. The molecule has 0 fully saturated rings. The smallest absolute Gasteiger partial charge is 0.349 e. The van der Waals surface area contributed by atoms with E-state index in [0.29, 0.717) is 35.4 Å². The number of imidazole rings is 1. The molecular weight excluding hydrogens is 468 g/mol. The summed E-state index contributed by atoms with van der Waals surface area (Å²) in [5, 5.41) is 12.5. The molecule has 178 valence electrons. The van der Waals surface area contributed by atoms with Crippen LogP contribution in [0.2, 0.25) is 0 Å². The number of methoxy groups -OCH3 is 1. The zero-order valence-corrected chi connectivity index (χ0v) is 19.4. The quantitative estimate of drug-likeness (QED) is 0.357. The zero-order valence-electron chi connectivity index (χ0n) is 18.6. The minimum atomic E-state index is -1.07.